The lowest BCUT2D eigenvalue weighted by atomic mass is 10.2. The second-order valence-corrected chi connectivity index (χ2v) is 8.18. The van der Waals surface area contributed by atoms with Crippen molar-refractivity contribution >= 4 is 35.6 Å². The van der Waals surface area contributed by atoms with Crippen molar-refractivity contribution in [2.24, 2.45) is 4.99 Å². The minimum Gasteiger partial charge on any atom is -0.378 e. The van der Waals surface area contributed by atoms with Gasteiger partial charge in [0.1, 0.15) is 0 Å². The molecule has 0 unspecified atom stereocenters. The monoisotopic (exact) mass is 549 g/mol. The van der Waals surface area contributed by atoms with Crippen LogP contribution in [0.15, 0.2) is 59.6 Å². The Bertz CT molecular complexity index is 816. The number of aliphatic imine (C=N–C) groups is 1. The Kier molecular flexibility index (Phi) is 10.1. The molecule has 2 aromatic rings. The van der Waals surface area contributed by atoms with E-state index < -0.39 is 0 Å². The smallest absolute Gasteiger partial charge is 0.194 e. The largest absolute Gasteiger partial charge is 0.378 e. The Labute approximate surface area is 209 Å². The van der Waals surface area contributed by atoms with Crippen LogP contribution in [0.25, 0.3) is 0 Å². The second-order valence-electron chi connectivity index (χ2n) is 8.18. The molecule has 4 rings (SSSR count). The van der Waals surface area contributed by atoms with Gasteiger partial charge in [-0.2, -0.15) is 0 Å². The van der Waals surface area contributed by atoms with Gasteiger partial charge in [0.05, 0.1) is 19.8 Å². The Morgan fingerprint density at radius 2 is 1.56 bits per heavy atom. The fourth-order valence-electron chi connectivity index (χ4n) is 4.19. The van der Waals surface area contributed by atoms with Crippen molar-refractivity contribution in [3.63, 3.8) is 0 Å². The van der Waals surface area contributed by atoms with E-state index in [1.165, 1.54) is 16.8 Å². The third-order valence-corrected chi connectivity index (χ3v) is 5.98. The predicted octanol–water partition coefficient (Wildman–Crippen LogP) is 3.42. The molecule has 2 aliphatic heterocycles. The summed E-state index contributed by atoms with van der Waals surface area (Å²) in [5, 5.41) is 3.49. The zero-order valence-corrected chi connectivity index (χ0v) is 21.4. The Hall–Kier alpha value is -1.84. The lowest BCUT2D eigenvalue weighted by Gasteiger charge is -2.36. The molecule has 0 amide bonds. The maximum atomic E-state index is 5.45. The summed E-state index contributed by atoms with van der Waals surface area (Å²) in [5.41, 5.74) is 3.91. The molecule has 32 heavy (non-hydrogen) atoms. The van der Waals surface area contributed by atoms with Gasteiger partial charge in [-0.05, 0) is 30.2 Å². The molecular formula is C25H36IN5O. The van der Waals surface area contributed by atoms with Crippen LogP contribution in [0.5, 0.6) is 0 Å². The van der Waals surface area contributed by atoms with Gasteiger partial charge >= 0.3 is 0 Å². The molecule has 0 saturated carbocycles. The van der Waals surface area contributed by atoms with Crippen molar-refractivity contribution in [3.8, 4) is 0 Å². The van der Waals surface area contributed by atoms with E-state index in [2.05, 4.69) is 81.5 Å². The SMILES string of the molecule is CCNC(=NCc1ccc(N2CCOCC2)cc1)N1CCN(Cc2ccccc2)CC1.I. The van der Waals surface area contributed by atoms with Gasteiger partial charge in [-0.1, -0.05) is 42.5 Å². The molecular weight excluding hydrogens is 513 g/mol. The van der Waals surface area contributed by atoms with E-state index in [1.54, 1.807) is 0 Å². The molecule has 2 saturated heterocycles. The maximum Gasteiger partial charge on any atom is 0.194 e. The molecule has 2 aromatic carbocycles. The standard InChI is InChI=1S/C25H35N5O.HI/c1-2-26-25(30-14-12-28(13-15-30)21-23-6-4-3-5-7-23)27-20-22-8-10-24(11-9-22)29-16-18-31-19-17-29;/h3-11H,2,12-21H2,1H3,(H,26,27);1H. The fourth-order valence-corrected chi connectivity index (χ4v) is 4.19. The van der Waals surface area contributed by atoms with Crippen LogP contribution in [0.3, 0.4) is 0 Å². The van der Waals surface area contributed by atoms with Gasteiger partial charge in [-0.15, -0.1) is 24.0 Å². The number of rotatable bonds is 6. The summed E-state index contributed by atoms with van der Waals surface area (Å²) in [7, 11) is 0. The van der Waals surface area contributed by atoms with E-state index in [0.29, 0.717) is 6.54 Å². The van der Waals surface area contributed by atoms with Crippen LogP contribution in [-0.4, -0.2) is 74.8 Å². The summed E-state index contributed by atoms with van der Waals surface area (Å²) in [6.45, 7) is 12.5. The Balaban J connectivity index is 0.00000289. The Morgan fingerprint density at radius 3 is 2.22 bits per heavy atom. The van der Waals surface area contributed by atoms with E-state index in [4.69, 9.17) is 9.73 Å². The highest BCUT2D eigenvalue weighted by Crippen LogP contribution is 2.17. The van der Waals surface area contributed by atoms with Gasteiger partial charge in [-0.25, -0.2) is 4.99 Å². The molecule has 6 nitrogen and oxygen atoms in total. The number of hydrogen-bond acceptors (Lipinski definition) is 4. The molecule has 174 valence electrons. The summed E-state index contributed by atoms with van der Waals surface area (Å²) < 4.78 is 5.45. The minimum atomic E-state index is 0. The third-order valence-electron chi connectivity index (χ3n) is 5.98. The molecule has 2 aliphatic rings. The van der Waals surface area contributed by atoms with E-state index in [0.717, 1.165) is 71.5 Å². The average molecular weight is 550 g/mol. The average Bonchev–Trinajstić information content (AvgIpc) is 2.84. The highest BCUT2D eigenvalue weighted by atomic mass is 127. The van der Waals surface area contributed by atoms with Crippen molar-refractivity contribution in [2.45, 2.75) is 20.0 Å². The summed E-state index contributed by atoms with van der Waals surface area (Å²) >= 11 is 0. The highest BCUT2D eigenvalue weighted by Gasteiger charge is 2.19. The molecule has 0 spiro atoms. The number of halogens is 1. The van der Waals surface area contributed by atoms with Gasteiger partial charge in [0.2, 0.25) is 0 Å². The molecule has 0 atom stereocenters. The summed E-state index contributed by atoms with van der Waals surface area (Å²) in [4.78, 5) is 12.2. The van der Waals surface area contributed by atoms with Crippen molar-refractivity contribution in [3.05, 3.63) is 65.7 Å². The molecule has 0 aromatic heterocycles. The van der Waals surface area contributed by atoms with Gasteiger partial charge in [0.25, 0.3) is 0 Å². The van der Waals surface area contributed by atoms with Crippen LogP contribution in [-0.2, 0) is 17.8 Å². The van der Waals surface area contributed by atoms with Gasteiger partial charge in [-0.3, -0.25) is 4.90 Å². The lowest BCUT2D eigenvalue weighted by Crippen LogP contribution is -2.52. The summed E-state index contributed by atoms with van der Waals surface area (Å²) in [5.74, 6) is 1.03. The van der Waals surface area contributed by atoms with Crippen LogP contribution in [0.4, 0.5) is 5.69 Å². The van der Waals surface area contributed by atoms with Crippen molar-refractivity contribution in [1.29, 1.82) is 0 Å². The van der Waals surface area contributed by atoms with Crippen molar-refractivity contribution < 1.29 is 4.74 Å². The number of hydrogen-bond donors (Lipinski definition) is 1. The molecule has 0 radical (unpaired) electrons. The van der Waals surface area contributed by atoms with Crippen molar-refractivity contribution in [1.82, 2.24) is 15.1 Å². The number of anilines is 1. The van der Waals surface area contributed by atoms with E-state index >= 15 is 0 Å². The van der Waals surface area contributed by atoms with E-state index in [9.17, 15) is 0 Å². The number of guanidine groups is 1. The first-order valence-electron chi connectivity index (χ1n) is 11.5. The number of benzene rings is 2. The second kappa shape index (κ2) is 13.0. The number of nitrogens with one attached hydrogen (secondary N) is 1. The van der Waals surface area contributed by atoms with Crippen LogP contribution < -0.4 is 10.2 Å². The first-order chi connectivity index (χ1) is 15.3. The molecule has 0 bridgehead atoms. The van der Waals surface area contributed by atoms with Crippen LogP contribution in [0.2, 0.25) is 0 Å². The topological polar surface area (TPSA) is 43.3 Å². The summed E-state index contributed by atoms with van der Waals surface area (Å²) in [6.07, 6.45) is 0. The molecule has 0 aliphatic carbocycles. The fraction of sp³-hybridized carbons (Fsp3) is 0.480. The van der Waals surface area contributed by atoms with Gasteiger partial charge in [0, 0.05) is 58.0 Å². The van der Waals surface area contributed by atoms with E-state index in [-0.39, 0.29) is 24.0 Å². The summed E-state index contributed by atoms with van der Waals surface area (Å²) in [6, 6.07) is 19.6. The first kappa shape index (κ1) is 24.8. The number of piperazine rings is 1. The Morgan fingerprint density at radius 1 is 0.875 bits per heavy atom. The minimum absolute atomic E-state index is 0. The maximum absolute atomic E-state index is 5.45. The number of nitrogens with zero attached hydrogens (tertiary/aromatic N) is 4. The quantitative estimate of drug-likeness (QED) is 0.340. The predicted molar refractivity (Wildman–Crippen MR) is 143 cm³/mol. The zero-order chi connectivity index (χ0) is 21.3. The molecule has 1 N–H and O–H groups in total. The molecule has 2 heterocycles. The molecule has 2 fully saturated rings. The van der Waals surface area contributed by atoms with Crippen LogP contribution in [0, 0.1) is 0 Å². The van der Waals surface area contributed by atoms with Crippen molar-refractivity contribution in [2.75, 3.05) is 63.9 Å². The normalized spacial score (nSPS) is 17.7. The highest BCUT2D eigenvalue weighted by molar-refractivity contribution is 14.0. The van der Waals surface area contributed by atoms with Gasteiger partial charge < -0.3 is 19.9 Å². The van der Waals surface area contributed by atoms with Crippen LogP contribution in [0.1, 0.15) is 18.1 Å². The van der Waals surface area contributed by atoms with Crippen LogP contribution >= 0.6 is 24.0 Å². The number of morpholine rings is 1. The van der Waals surface area contributed by atoms with E-state index in [1.807, 2.05) is 0 Å². The lowest BCUT2D eigenvalue weighted by molar-refractivity contribution is 0.122. The third kappa shape index (κ3) is 7.08. The molecule has 7 heteroatoms. The number of ether oxygens (including phenoxy) is 1. The van der Waals surface area contributed by atoms with Gasteiger partial charge in [0.15, 0.2) is 5.96 Å². The first-order valence-corrected chi connectivity index (χ1v) is 11.5. The zero-order valence-electron chi connectivity index (χ0n) is 19.1.